The Balaban J connectivity index is 1.18. The van der Waals surface area contributed by atoms with Crippen molar-refractivity contribution in [3.63, 3.8) is 0 Å². The first-order valence-corrected chi connectivity index (χ1v) is 10.6. The third-order valence-corrected chi connectivity index (χ3v) is 5.32. The molecule has 0 radical (unpaired) electrons. The number of hydrogen-bond donors (Lipinski definition) is 2. The molecule has 0 unspecified atom stereocenters. The predicted molar refractivity (Wildman–Crippen MR) is 122 cm³/mol. The van der Waals surface area contributed by atoms with Gasteiger partial charge in [0.05, 0.1) is 13.0 Å². The quantitative estimate of drug-likeness (QED) is 0.511. The molecule has 0 fully saturated rings. The van der Waals surface area contributed by atoms with Gasteiger partial charge in [0.2, 0.25) is 11.8 Å². The third-order valence-electron chi connectivity index (χ3n) is 5.32. The van der Waals surface area contributed by atoms with E-state index in [0.29, 0.717) is 26.0 Å². The van der Waals surface area contributed by atoms with Gasteiger partial charge in [-0.05, 0) is 41.7 Å². The van der Waals surface area contributed by atoms with E-state index in [0.717, 1.165) is 46.5 Å². The van der Waals surface area contributed by atoms with Gasteiger partial charge >= 0.3 is 0 Å². The minimum Gasteiger partial charge on any atom is -0.491 e. The molecule has 158 valence electrons. The minimum atomic E-state index is 0.0259. The minimum absolute atomic E-state index is 0.0259. The molecule has 2 N–H and O–H groups in total. The smallest absolute Gasteiger partial charge is 0.228 e. The van der Waals surface area contributed by atoms with E-state index >= 15 is 0 Å². The number of fused-ring (bicyclic) bond motifs is 1. The van der Waals surface area contributed by atoms with Crippen molar-refractivity contribution in [3.8, 4) is 16.9 Å². The molecule has 0 saturated heterocycles. The standard InChI is InChI=1S/C26H26N2O3/c29-25(12-6-7-19-13-14-23-21(17-19)18-26(30)28-23)27-15-16-31-24-11-5-4-10-22(24)20-8-2-1-3-9-20/h1-5,8-11,13-14,17H,6-7,12,15-16,18H2,(H,27,29)(H,28,30). The van der Waals surface area contributed by atoms with Crippen molar-refractivity contribution in [3.05, 3.63) is 83.9 Å². The summed E-state index contributed by atoms with van der Waals surface area (Å²) in [6.07, 6.45) is 2.49. The number of carbonyl (C=O) groups is 2. The Hall–Kier alpha value is -3.60. The van der Waals surface area contributed by atoms with Crippen LogP contribution in [0.15, 0.2) is 72.8 Å². The molecule has 5 nitrogen and oxygen atoms in total. The Morgan fingerprint density at radius 2 is 1.81 bits per heavy atom. The van der Waals surface area contributed by atoms with Gasteiger partial charge in [-0.1, -0.05) is 60.7 Å². The van der Waals surface area contributed by atoms with Gasteiger partial charge in [0.1, 0.15) is 12.4 Å². The highest BCUT2D eigenvalue weighted by atomic mass is 16.5. The SMILES string of the molecule is O=C(CCCc1ccc2c(c1)CC(=O)N2)NCCOc1ccccc1-c1ccccc1. The summed E-state index contributed by atoms with van der Waals surface area (Å²) < 4.78 is 5.92. The van der Waals surface area contributed by atoms with Crippen LogP contribution in [-0.2, 0) is 22.4 Å². The van der Waals surface area contributed by atoms with Gasteiger partial charge in [-0.15, -0.1) is 0 Å². The van der Waals surface area contributed by atoms with Crippen LogP contribution in [0.4, 0.5) is 5.69 Å². The predicted octanol–water partition coefficient (Wildman–Crippen LogP) is 4.37. The van der Waals surface area contributed by atoms with Gasteiger partial charge in [-0.25, -0.2) is 0 Å². The number of benzene rings is 3. The van der Waals surface area contributed by atoms with Gasteiger partial charge in [-0.2, -0.15) is 0 Å². The molecule has 1 heterocycles. The molecule has 0 aliphatic carbocycles. The van der Waals surface area contributed by atoms with Crippen LogP contribution < -0.4 is 15.4 Å². The number of anilines is 1. The molecule has 4 rings (SSSR count). The highest BCUT2D eigenvalue weighted by Crippen LogP contribution is 2.29. The lowest BCUT2D eigenvalue weighted by atomic mass is 10.0. The summed E-state index contributed by atoms with van der Waals surface area (Å²) in [6, 6.07) is 24.1. The molecule has 0 bridgehead atoms. The van der Waals surface area contributed by atoms with E-state index in [9.17, 15) is 9.59 Å². The van der Waals surface area contributed by atoms with Crippen molar-refractivity contribution in [1.29, 1.82) is 0 Å². The lowest BCUT2D eigenvalue weighted by Crippen LogP contribution is -2.27. The number of carbonyl (C=O) groups excluding carboxylic acids is 2. The molecule has 0 saturated carbocycles. The van der Waals surface area contributed by atoms with Crippen LogP contribution in [0, 0.1) is 0 Å². The average Bonchev–Trinajstić information content (AvgIpc) is 3.17. The van der Waals surface area contributed by atoms with E-state index in [-0.39, 0.29) is 11.8 Å². The maximum Gasteiger partial charge on any atom is 0.228 e. The normalized spacial score (nSPS) is 12.2. The Morgan fingerprint density at radius 3 is 2.68 bits per heavy atom. The number of nitrogens with one attached hydrogen (secondary N) is 2. The second-order valence-corrected chi connectivity index (χ2v) is 7.63. The molecule has 2 amide bonds. The number of ether oxygens (including phenoxy) is 1. The Labute approximate surface area is 182 Å². The van der Waals surface area contributed by atoms with Crippen molar-refractivity contribution >= 4 is 17.5 Å². The fraction of sp³-hybridized carbons (Fsp3) is 0.231. The first-order valence-electron chi connectivity index (χ1n) is 10.6. The molecule has 0 spiro atoms. The van der Waals surface area contributed by atoms with E-state index in [4.69, 9.17) is 4.74 Å². The molecule has 5 heteroatoms. The summed E-state index contributed by atoms with van der Waals surface area (Å²) in [7, 11) is 0. The van der Waals surface area contributed by atoms with Crippen LogP contribution in [-0.4, -0.2) is 25.0 Å². The summed E-state index contributed by atoms with van der Waals surface area (Å²) in [5.74, 6) is 0.880. The molecule has 0 aromatic heterocycles. The lowest BCUT2D eigenvalue weighted by Gasteiger charge is -2.12. The first kappa shape index (κ1) is 20.7. The molecular formula is C26H26N2O3. The average molecular weight is 415 g/mol. The molecular weight excluding hydrogens is 388 g/mol. The molecule has 3 aromatic carbocycles. The second-order valence-electron chi connectivity index (χ2n) is 7.63. The Kier molecular flexibility index (Phi) is 6.62. The summed E-state index contributed by atoms with van der Waals surface area (Å²) in [4.78, 5) is 23.6. The summed E-state index contributed by atoms with van der Waals surface area (Å²) >= 11 is 0. The Bertz CT molecular complexity index is 1060. The monoisotopic (exact) mass is 414 g/mol. The first-order chi connectivity index (χ1) is 15.2. The lowest BCUT2D eigenvalue weighted by molar-refractivity contribution is -0.121. The summed E-state index contributed by atoms with van der Waals surface area (Å²) in [5.41, 5.74) is 5.25. The van der Waals surface area contributed by atoms with E-state index in [1.54, 1.807) is 0 Å². The number of amides is 2. The third kappa shape index (κ3) is 5.51. The van der Waals surface area contributed by atoms with Crippen LogP contribution in [0.25, 0.3) is 11.1 Å². The highest BCUT2D eigenvalue weighted by Gasteiger charge is 2.17. The van der Waals surface area contributed by atoms with Crippen LogP contribution in [0.5, 0.6) is 5.75 Å². The molecule has 0 atom stereocenters. The molecule has 3 aromatic rings. The maximum atomic E-state index is 12.1. The zero-order valence-corrected chi connectivity index (χ0v) is 17.4. The van der Waals surface area contributed by atoms with E-state index < -0.39 is 0 Å². The van der Waals surface area contributed by atoms with Crippen LogP contribution in [0.1, 0.15) is 24.0 Å². The van der Waals surface area contributed by atoms with Crippen molar-refractivity contribution in [1.82, 2.24) is 5.32 Å². The van der Waals surface area contributed by atoms with Crippen LogP contribution in [0.2, 0.25) is 0 Å². The van der Waals surface area contributed by atoms with Gasteiger partial charge < -0.3 is 15.4 Å². The summed E-state index contributed by atoms with van der Waals surface area (Å²) in [6.45, 7) is 0.885. The van der Waals surface area contributed by atoms with Crippen molar-refractivity contribution in [2.75, 3.05) is 18.5 Å². The fourth-order valence-corrected chi connectivity index (χ4v) is 3.78. The topological polar surface area (TPSA) is 67.4 Å². The largest absolute Gasteiger partial charge is 0.491 e. The number of aryl methyl sites for hydroxylation is 1. The number of para-hydroxylation sites is 1. The van der Waals surface area contributed by atoms with Crippen molar-refractivity contribution < 1.29 is 14.3 Å². The zero-order chi connectivity index (χ0) is 21.5. The van der Waals surface area contributed by atoms with Crippen LogP contribution in [0.3, 0.4) is 0 Å². The number of rotatable bonds is 9. The van der Waals surface area contributed by atoms with Crippen molar-refractivity contribution in [2.24, 2.45) is 0 Å². The van der Waals surface area contributed by atoms with E-state index in [1.807, 2.05) is 54.6 Å². The molecule has 1 aliphatic heterocycles. The van der Waals surface area contributed by atoms with Gasteiger partial charge in [0.25, 0.3) is 0 Å². The zero-order valence-electron chi connectivity index (χ0n) is 17.4. The van der Waals surface area contributed by atoms with Gasteiger partial charge in [-0.3, -0.25) is 9.59 Å². The Morgan fingerprint density at radius 1 is 1.00 bits per heavy atom. The summed E-state index contributed by atoms with van der Waals surface area (Å²) in [5, 5.41) is 5.76. The van der Waals surface area contributed by atoms with Gasteiger partial charge in [0, 0.05) is 17.7 Å². The molecule has 31 heavy (non-hydrogen) atoms. The maximum absolute atomic E-state index is 12.1. The fourth-order valence-electron chi connectivity index (χ4n) is 3.78. The molecule has 1 aliphatic rings. The van der Waals surface area contributed by atoms with E-state index in [2.05, 4.69) is 28.8 Å². The highest BCUT2D eigenvalue weighted by molar-refractivity contribution is 5.99. The number of hydrogen-bond acceptors (Lipinski definition) is 3. The van der Waals surface area contributed by atoms with Crippen LogP contribution >= 0.6 is 0 Å². The van der Waals surface area contributed by atoms with Gasteiger partial charge in [0.15, 0.2) is 0 Å². The van der Waals surface area contributed by atoms with E-state index in [1.165, 1.54) is 0 Å². The van der Waals surface area contributed by atoms with Crippen molar-refractivity contribution in [2.45, 2.75) is 25.7 Å². The second kappa shape index (κ2) is 9.94.